The molecule has 2 rings (SSSR count). The van der Waals surface area contributed by atoms with Crippen LogP contribution >= 0.6 is 11.6 Å². The lowest BCUT2D eigenvalue weighted by molar-refractivity contribution is -0.140. The lowest BCUT2D eigenvalue weighted by Crippen LogP contribution is -2.30. The average molecular weight is 369 g/mol. The highest BCUT2D eigenvalue weighted by atomic mass is 35.5. The van der Waals surface area contributed by atoms with Gasteiger partial charge in [-0.2, -0.15) is 18.4 Å². The van der Waals surface area contributed by atoms with Crippen LogP contribution in [0.25, 0.3) is 0 Å². The van der Waals surface area contributed by atoms with Gasteiger partial charge in [0.2, 0.25) is 0 Å². The van der Waals surface area contributed by atoms with E-state index in [0.717, 1.165) is 12.1 Å². The topological polar surface area (TPSA) is 62.1 Å². The average Bonchev–Trinajstić information content (AvgIpc) is 2.54. The lowest BCUT2D eigenvalue weighted by Gasteiger charge is -2.18. The van der Waals surface area contributed by atoms with Crippen molar-refractivity contribution in [2.45, 2.75) is 19.2 Å². The number of alkyl halides is 3. The van der Waals surface area contributed by atoms with E-state index in [2.05, 4.69) is 5.32 Å². The van der Waals surface area contributed by atoms with Crippen LogP contribution in [0.15, 0.2) is 42.5 Å². The molecule has 0 saturated carbocycles. The van der Waals surface area contributed by atoms with Gasteiger partial charge in [-0.05, 0) is 37.3 Å². The highest BCUT2D eigenvalue weighted by molar-refractivity contribution is 6.32. The summed E-state index contributed by atoms with van der Waals surface area (Å²) in [5.41, 5.74) is -0.423. The molecule has 1 atom stereocenters. The van der Waals surface area contributed by atoms with Gasteiger partial charge in [-0.3, -0.25) is 4.79 Å². The Labute approximate surface area is 146 Å². The number of halogens is 4. The SMILES string of the molecule is CC(Oc1ccccc1C(F)(F)F)C(=O)Nc1ccc(C#N)c(Cl)c1. The molecule has 0 aliphatic rings. The molecule has 1 unspecified atom stereocenters. The van der Waals surface area contributed by atoms with Crippen molar-refractivity contribution >= 4 is 23.2 Å². The minimum atomic E-state index is -4.59. The molecule has 2 aromatic rings. The van der Waals surface area contributed by atoms with Gasteiger partial charge in [0.1, 0.15) is 11.8 Å². The molecule has 2 aromatic carbocycles. The van der Waals surface area contributed by atoms with Crippen LogP contribution in [0.2, 0.25) is 5.02 Å². The molecule has 0 saturated heterocycles. The maximum absolute atomic E-state index is 12.9. The molecular formula is C17H12ClF3N2O2. The van der Waals surface area contributed by atoms with Crippen LogP contribution in [-0.2, 0) is 11.0 Å². The Bertz CT molecular complexity index is 831. The second-order valence-corrected chi connectivity index (χ2v) is 5.46. The highest BCUT2D eigenvalue weighted by Crippen LogP contribution is 2.36. The molecule has 25 heavy (non-hydrogen) atoms. The summed E-state index contributed by atoms with van der Waals surface area (Å²) in [6.07, 6.45) is -5.77. The van der Waals surface area contributed by atoms with Gasteiger partial charge in [0, 0.05) is 5.69 Å². The van der Waals surface area contributed by atoms with Crippen molar-refractivity contribution in [2.75, 3.05) is 5.32 Å². The van der Waals surface area contributed by atoms with Crippen molar-refractivity contribution in [3.05, 3.63) is 58.6 Å². The Kier molecular flexibility index (Phi) is 5.55. The minimum Gasteiger partial charge on any atom is -0.480 e. The Hall–Kier alpha value is -2.72. The molecule has 4 nitrogen and oxygen atoms in total. The van der Waals surface area contributed by atoms with Gasteiger partial charge < -0.3 is 10.1 Å². The first-order chi connectivity index (χ1) is 11.7. The minimum absolute atomic E-state index is 0.149. The number of carbonyl (C=O) groups excluding carboxylic acids is 1. The van der Waals surface area contributed by atoms with Gasteiger partial charge in [-0.15, -0.1) is 0 Å². The number of carbonyl (C=O) groups is 1. The summed E-state index contributed by atoms with van der Waals surface area (Å²) in [5, 5.41) is 11.4. The highest BCUT2D eigenvalue weighted by Gasteiger charge is 2.34. The number of amides is 1. The van der Waals surface area contributed by atoms with E-state index in [1.54, 1.807) is 0 Å². The normalized spacial score (nSPS) is 12.2. The molecule has 0 fully saturated rings. The van der Waals surface area contributed by atoms with Crippen LogP contribution in [0, 0.1) is 11.3 Å². The molecule has 0 aromatic heterocycles. The molecule has 0 heterocycles. The zero-order valence-corrected chi connectivity index (χ0v) is 13.7. The number of anilines is 1. The first kappa shape index (κ1) is 18.6. The van der Waals surface area contributed by atoms with Gasteiger partial charge in [0.15, 0.2) is 6.10 Å². The summed E-state index contributed by atoms with van der Waals surface area (Å²) in [5.74, 6) is -1.09. The number of para-hydroxylation sites is 1. The third-order valence-corrected chi connectivity index (χ3v) is 3.54. The number of nitriles is 1. The molecule has 1 N–H and O–H groups in total. The summed E-state index contributed by atoms with van der Waals surface area (Å²) in [4.78, 5) is 12.1. The first-order valence-corrected chi connectivity index (χ1v) is 7.43. The van der Waals surface area contributed by atoms with Crippen LogP contribution in [0.3, 0.4) is 0 Å². The zero-order chi connectivity index (χ0) is 18.6. The van der Waals surface area contributed by atoms with Crippen LogP contribution < -0.4 is 10.1 Å². The fourth-order valence-corrected chi connectivity index (χ4v) is 2.20. The number of nitrogens with one attached hydrogen (secondary N) is 1. The summed E-state index contributed by atoms with van der Waals surface area (Å²) in [6.45, 7) is 1.33. The number of hydrogen-bond acceptors (Lipinski definition) is 3. The van der Waals surface area contributed by atoms with Gasteiger partial charge >= 0.3 is 6.18 Å². The van der Waals surface area contributed by atoms with Crippen LogP contribution in [0.5, 0.6) is 5.75 Å². The third kappa shape index (κ3) is 4.64. The van der Waals surface area contributed by atoms with Crippen molar-refractivity contribution in [1.29, 1.82) is 5.26 Å². The maximum Gasteiger partial charge on any atom is 0.419 e. The quantitative estimate of drug-likeness (QED) is 0.855. The van der Waals surface area contributed by atoms with Crippen molar-refractivity contribution in [3.63, 3.8) is 0 Å². The monoisotopic (exact) mass is 368 g/mol. The number of hydrogen-bond donors (Lipinski definition) is 1. The van der Waals surface area contributed by atoms with Crippen molar-refractivity contribution in [1.82, 2.24) is 0 Å². The van der Waals surface area contributed by atoms with E-state index in [4.69, 9.17) is 21.6 Å². The van der Waals surface area contributed by atoms with Gasteiger partial charge in [0.25, 0.3) is 5.91 Å². The fraction of sp³-hybridized carbons (Fsp3) is 0.176. The van der Waals surface area contributed by atoms with E-state index in [9.17, 15) is 18.0 Å². The Morgan fingerprint density at radius 1 is 1.28 bits per heavy atom. The van der Waals surface area contributed by atoms with E-state index in [1.807, 2.05) is 6.07 Å². The molecule has 8 heteroatoms. The number of nitrogens with zero attached hydrogens (tertiary/aromatic N) is 1. The standard InChI is InChI=1S/C17H12ClF3N2O2/c1-10(25-15-5-3-2-4-13(15)17(19,20)21)16(24)23-12-7-6-11(9-22)14(18)8-12/h2-8,10H,1H3,(H,23,24). The van der Waals surface area contributed by atoms with Crippen molar-refractivity contribution < 1.29 is 22.7 Å². The zero-order valence-electron chi connectivity index (χ0n) is 12.9. The van der Waals surface area contributed by atoms with E-state index in [0.29, 0.717) is 5.69 Å². The van der Waals surface area contributed by atoms with E-state index in [-0.39, 0.29) is 10.6 Å². The lowest BCUT2D eigenvalue weighted by atomic mass is 10.2. The molecule has 0 spiro atoms. The smallest absolute Gasteiger partial charge is 0.419 e. The van der Waals surface area contributed by atoms with E-state index < -0.39 is 29.5 Å². The second-order valence-electron chi connectivity index (χ2n) is 5.05. The molecule has 0 aliphatic carbocycles. The number of ether oxygens (including phenoxy) is 1. The molecule has 0 bridgehead atoms. The summed E-state index contributed by atoms with van der Waals surface area (Å²) in [7, 11) is 0. The summed E-state index contributed by atoms with van der Waals surface area (Å²) < 4.78 is 44.0. The van der Waals surface area contributed by atoms with Gasteiger partial charge in [-0.25, -0.2) is 0 Å². The first-order valence-electron chi connectivity index (χ1n) is 7.05. The van der Waals surface area contributed by atoms with Crippen LogP contribution in [0.4, 0.5) is 18.9 Å². The molecule has 130 valence electrons. The van der Waals surface area contributed by atoms with E-state index >= 15 is 0 Å². The Morgan fingerprint density at radius 3 is 2.56 bits per heavy atom. The molecular weight excluding hydrogens is 357 g/mol. The van der Waals surface area contributed by atoms with Crippen molar-refractivity contribution in [3.8, 4) is 11.8 Å². The summed E-state index contributed by atoms with van der Waals surface area (Å²) >= 11 is 5.86. The predicted octanol–water partition coefficient (Wildman–Crippen LogP) is 4.64. The summed E-state index contributed by atoms with van der Waals surface area (Å²) in [6, 6.07) is 10.8. The molecule has 0 aliphatic heterocycles. The van der Waals surface area contributed by atoms with Crippen LogP contribution in [-0.4, -0.2) is 12.0 Å². The molecule has 0 radical (unpaired) electrons. The Balaban J connectivity index is 2.12. The number of rotatable bonds is 4. The fourth-order valence-electron chi connectivity index (χ4n) is 1.97. The largest absolute Gasteiger partial charge is 0.480 e. The van der Waals surface area contributed by atoms with Crippen molar-refractivity contribution in [2.24, 2.45) is 0 Å². The third-order valence-electron chi connectivity index (χ3n) is 3.22. The van der Waals surface area contributed by atoms with E-state index in [1.165, 1.54) is 37.3 Å². The van der Waals surface area contributed by atoms with Gasteiger partial charge in [0.05, 0.1) is 16.1 Å². The number of benzene rings is 2. The second kappa shape index (κ2) is 7.45. The predicted molar refractivity (Wildman–Crippen MR) is 86.3 cm³/mol. The van der Waals surface area contributed by atoms with Crippen LogP contribution in [0.1, 0.15) is 18.1 Å². The Morgan fingerprint density at radius 2 is 1.96 bits per heavy atom. The molecule has 1 amide bonds. The maximum atomic E-state index is 12.9. The van der Waals surface area contributed by atoms with Gasteiger partial charge in [-0.1, -0.05) is 23.7 Å².